The van der Waals surface area contributed by atoms with Crippen molar-refractivity contribution in [2.45, 2.75) is 32.7 Å². The summed E-state index contributed by atoms with van der Waals surface area (Å²) < 4.78 is 5.17. The maximum absolute atomic E-state index is 11.9. The number of furan rings is 1. The van der Waals surface area contributed by atoms with E-state index >= 15 is 0 Å². The Balaban J connectivity index is 1.99. The Hall–Kier alpha value is -1.55. The summed E-state index contributed by atoms with van der Waals surface area (Å²) >= 11 is 1.54. The minimum Gasteiger partial charge on any atom is -0.467 e. The molecule has 96 valence electrons. The second-order valence-electron chi connectivity index (χ2n) is 5.18. The zero-order valence-corrected chi connectivity index (χ0v) is 11.6. The second-order valence-corrected chi connectivity index (χ2v) is 6.26. The van der Waals surface area contributed by atoms with Gasteiger partial charge in [0.25, 0.3) is 5.91 Å². The van der Waals surface area contributed by atoms with E-state index in [1.807, 2.05) is 24.3 Å². The van der Waals surface area contributed by atoms with Gasteiger partial charge >= 0.3 is 0 Å². The van der Waals surface area contributed by atoms with Crippen LogP contribution in [0.5, 0.6) is 0 Å². The molecule has 2 aromatic rings. The summed E-state index contributed by atoms with van der Waals surface area (Å²) in [6.45, 7) is 6.85. The number of carbonyl (C=O) groups is 1. The standard InChI is InChI=1S/C14H17NO2S/c1-14(2,3)12-7-6-11(18-12)13(16)15-9-10-5-4-8-17-10/h4-8H,9H2,1-3H3,(H,15,16). The zero-order chi connectivity index (χ0) is 13.2. The van der Waals surface area contributed by atoms with E-state index in [-0.39, 0.29) is 11.3 Å². The van der Waals surface area contributed by atoms with Crippen molar-refractivity contribution in [3.8, 4) is 0 Å². The molecule has 1 amide bonds. The highest BCUT2D eigenvalue weighted by molar-refractivity contribution is 7.14. The van der Waals surface area contributed by atoms with Crippen molar-refractivity contribution in [1.29, 1.82) is 0 Å². The summed E-state index contributed by atoms with van der Waals surface area (Å²) in [4.78, 5) is 13.9. The van der Waals surface area contributed by atoms with Gasteiger partial charge in [-0.1, -0.05) is 20.8 Å². The normalized spacial score (nSPS) is 11.5. The van der Waals surface area contributed by atoms with Gasteiger partial charge in [-0.25, -0.2) is 0 Å². The van der Waals surface area contributed by atoms with Gasteiger partial charge in [-0.2, -0.15) is 0 Å². The molecule has 0 aliphatic heterocycles. The van der Waals surface area contributed by atoms with Gasteiger partial charge in [-0.15, -0.1) is 11.3 Å². The lowest BCUT2D eigenvalue weighted by Crippen LogP contribution is -2.21. The van der Waals surface area contributed by atoms with Crippen LogP contribution in [0.15, 0.2) is 34.9 Å². The lowest BCUT2D eigenvalue weighted by molar-refractivity contribution is 0.0952. The first kappa shape index (κ1) is 12.9. The quantitative estimate of drug-likeness (QED) is 0.919. The van der Waals surface area contributed by atoms with Crippen LogP contribution in [-0.2, 0) is 12.0 Å². The fourth-order valence-electron chi connectivity index (χ4n) is 1.53. The van der Waals surface area contributed by atoms with Gasteiger partial charge in [0.2, 0.25) is 0 Å². The maximum Gasteiger partial charge on any atom is 0.261 e. The average Bonchev–Trinajstić information content (AvgIpc) is 2.96. The highest BCUT2D eigenvalue weighted by Crippen LogP contribution is 2.29. The Morgan fingerprint density at radius 3 is 2.67 bits per heavy atom. The maximum atomic E-state index is 11.9. The number of hydrogen-bond donors (Lipinski definition) is 1. The molecule has 0 unspecified atom stereocenters. The van der Waals surface area contributed by atoms with Gasteiger partial charge < -0.3 is 9.73 Å². The number of amides is 1. The third-order valence-electron chi connectivity index (χ3n) is 2.57. The predicted molar refractivity (Wildman–Crippen MR) is 72.9 cm³/mol. The van der Waals surface area contributed by atoms with Crippen molar-refractivity contribution in [2.24, 2.45) is 0 Å². The summed E-state index contributed by atoms with van der Waals surface area (Å²) in [5, 5.41) is 2.84. The highest BCUT2D eigenvalue weighted by Gasteiger charge is 2.18. The van der Waals surface area contributed by atoms with Crippen LogP contribution in [0.3, 0.4) is 0 Å². The number of nitrogens with one attached hydrogen (secondary N) is 1. The molecule has 0 spiro atoms. The minimum atomic E-state index is -0.0492. The van der Waals surface area contributed by atoms with Crippen LogP contribution >= 0.6 is 11.3 Å². The van der Waals surface area contributed by atoms with Gasteiger partial charge in [-0.05, 0) is 29.7 Å². The van der Waals surface area contributed by atoms with Gasteiger partial charge in [-0.3, -0.25) is 4.79 Å². The molecule has 0 saturated carbocycles. The van der Waals surface area contributed by atoms with Gasteiger partial charge in [0.05, 0.1) is 17.7 Å². The molecule has 3 nitrogen and oxygen atoms in total. The first-order chi connectivity index (χ1) is 8.47. The number of rotatable bonds is 3. The molecule has 1 N–H and O–H groups in total. The summed E-state index contributed by atoms with van der Waals surface area (Å²) in [5.74, 6) is 0.711. The summed E-state index contributed by atoms with van der Waals surface area (Å²) in [6, 6.07) is 7.55. The molecule has 0 bridgehead atoms. The Bertz CT molecular complexity index is 520. The van der Waals surface area contributed by atoms with Crippen LogP contribution in [-0.4, -0.2) is 5.91 Å². The summed E-state index contributed by atoms with van der Waals surface area (Å²) in [6.07, 6.45) is 1.60. The van der Waals surface area contributed by atoms with E-state index < -0.39 is 0 Å². The van der Waals surface area contributed by atoms with Gasteiger partial charge in [0.15, 0.2) is 0 Å². The van der Waals surface area contributed by atoms with Gasteiger partial charge in [0, 0.05) is 4.88 Å². The molecule has 4 heteroatoms. The Morgan fingerprint density at radius 1 is 1.33 bits per heavy atom. The van der Waals surface area contributed by atoms with Crippen LogP contribution in [0, 0.1) is 0 Å². The van der Waals surface area contributed by atoms with Crippen molar-refractivity contribution >= 4 is 17.2 Å². The smallest absolute Gasteiger partial charge is 0.261 e. The Labute approximate surface area is 111 Å². The number of thiophene rings is 1. The first-order valence-corrected chi connectivity index (χ1v) is 6.69. The topological polar surface area (TPSA) is 42.2 Å². The molecule has 18 heavy (non-hydrogen) atoms. The van der Waals surface area contributed by atoms with Gasteiger partial charge in [0.1, 0.15) is 5.76 Å². The van der Waals surface area contributed by atoms with Crippen molar-refractivity contribution in [3.05, 3.63) is 46.0 Å². The molecule has 2 aromatic heterocycles. The third-order valence-corrected chi connectivity index (χ3v) is 4.08. The van der Waals surface area contributed by atoms with Crippen molar-refractivity contribution < 1.29 is 9.21 Å². The SMILES string of the molecule is CC(C)(C)c1ccc(C(=O)NCc2ccco2)s1. The van der Waals surface area contributed by atoms with E-state index in [0.717, 1.165) is 10.6 Å². The molecule has 0 aromatic carbocycles. The largest absolute Gasteiger partial charge is 0.467 e. The Kier molecular flexibility index (Phi) is 3.57. The van der Waals surface area contributed by atoms with Crippen molar-refractivity contribution in [3.63, 3.8) is 0 Å². The summed E-state index contributed by atoms with van der Waals surface area (Å²) in [7, 11) is 0. The minimum absolute atomic E-state index is 0.0492. The molecule has 0 aliphatic rings. The van der Waals surface area contributed by atoms with Crippen LogP contribution in [0.4, 0.5) is 0 Å². The fraction of sp³-hybridized carbons (Fsp3) is 0.357. The van der Waals surface area contributed by atoms with Crippen molar-refractivity contribution in [1.82, 2.24) is 5.32 Å². The molecular formula is C14H17NO2S. The van der Waals surface area contributed by atoms with Crippen LogP contribution in [0.2, 0.25) is 0 Å². The van der Waals surface area contributed by atoms with Crippen molar-refractivity contribution in [2.75, 3.05) is 0 Å². The molecule has 0 saturated heterocycles. The van der Waals surface area contributed by atoms with Crippen LogP contribution in [0.25, 0.3) is 0 Å². The molecule has 0 radical (unpaired) electrons. The molecule has 2 rings (SSSR count). The lowest BCUT2D eigenvalue weighted by atomic mass is 9.95. The van der Waals surface area contributed by atoms with E-state index in [9.17, 15) is 4.79 Å². The molecular weight excluding hydrogens is 246 g/mol. The second kappa shape index (κ2) is 4.98. The van der Waals surface area contributed by atoms with E-state index in [0.29, 0.717) is 6.54 Å². The predicted octanol–water partition coefficient (Wildman–Crippen LogP) is 3.57. The highest BCUT2D eigenvalue weighted by atomic mass is 32.1. The lowest BCUT2D eigenvalue weighted by Gasteiger charge is -2.15. The number of carbonyl (C=O) groups excluding carboxylic acids is 1. The monoisotopic (exact) mass is 263 g/mol. The zero-order valence-electron chi connectivity index (χ0n) is 10.8. The van der Waals surface area contributed by atoms with E-state index in [1.54, 1.807) is 17.6 Å². The van der Waals surface area contributed by atoms with Crippen LogP contribution in [0.1, 0.15) is 41.1 Å². The molecule has 2 heterocycles. The Morgan fingerprint density at radius 2 is 2.11 bits per heavy atom. The number of hydrogen-bond acceptors (Lipinski definition) is 3. The fourth-order valence-corrected chi connectivity index (χ4v) is 2.51. The molecule has 0 fully saturated rings. The molecule has 0 atom stereocenters. The van der Waals surface area contributed by atoms with Crippen LogP contribution < -0.4 is 5.32 Å². The molecule has 0 aliphatic carbocycles. The average molecular weight is 263 g/mol. The first-order valence-electron chi connectivity index (χ1n) is 5.88. The van der Waals surface area contributed by atoms with E-state index in [4.69, 9.17) is 4.42 Å². The summed E-state index contributed by atoms with van der Waals surface area (Å²) in [5.41, 5.74) is 0.0875. The van der Waals surface area contributed by atoms with E-state index in [2.05, 4.69) is 26.1 Å². The third kappa shape index (κ3) is 3.01. The van der Waals surface area contributed by atoms with E-state index in [1.165, 1.54) is 4.88 Å².